The van der Waals surface area contributed by atoms with E-state index in [0.29, 0.717) is 5.58 Å². The third-order valence-corrected chi connectivity index (χ3v) is 3.13. The highest BCUT2D eigenvalue weighted by Crippen LogP contribution is 2.30. The van der Waals surface area contributed by atoms with Crippen molar-refractivity contribution >= 4 is 21.7 Å². The highest BCUT2D eigenvalue weighted by Gasteiger charge is 2.06. The summed E-state index contributed by atoms with van der Waals surface area (Å²) in [5.41, 5.74) is 1.35. The summed E-state index contributed by atoms with van der Waals surface area (Å²) in [5, 5.41) is 3.05. The molecule has 0 aliphatic heterocycles. The highest BCUT2D eigenvalue weighted by molar-refractivity contribution is 6.06. The molecule has 3 heteroatoms. The predicted octanol–water partition coefficient (Wildman–Crippen LogP) is 3.26. The van der Waals surface area contributed by atoms with Crippen LogP contribution in [0.4, 0.5) is 0 Å². The van der Waals surface area contributed by atoms with Gasteiger partial charge in [0, 0.05) is 11.5 Å². The van der Waals surface area contributed by atoms with Crippen LogP contribution < -0.4 is 10.4 Å². The maximum atomic E-state index is 11.2. The summed E-state index contributed by atoms with van der Waals surface area (Å²) in [6.45, 7) is 2.01. The van der Waals surface area contributed by atoms with E-state index in [-0.39, 0.29) is 5.63 Å². The Morgan fingerprint density at radius 3 is 2.67 bits per heavy atom. The van der Waals surface area contributed by atoms with Crippen molar-refractivity contribution in [2.45, 2.75) is 6.92 Å². The number of hydrogen-bond acceptors (Lipinski definition) is 3. The number of methoxy groups -OCH3 is 1. The van der Waals surface area contributed by atoms with Crippen LogP contribution in [0.2, 0.25) is 0 Å². The van der Waals surface area contributed by atoms with Gasteiger partial charge in [-0.1, -0.05) is 6.07 Å². The Morgan fingerprint density at radius 1 is 1.06 bits per heavy atom. The molecule has 0 saturated carbocycles. The molecule has 3 nitrogen and oxygen atoms in total. The van der Waals surface area contributed by atoms with Gasteiger partial charge < -0.3 is 9.15 Å². The normalized spacial score (nSPS) is 11.0. The van der Waals surface area contributed by atoms with Crippen LogP contribution in [-0.4, -0.2) is 7.11 Å². The van der Waals surface area contributed by atoms with Crippen LogP contribution in [0.3, 0.4) is 0 Å². The molecule has 0 aliphatic carbocycles. The highest BCUT2D eigenvalue weighted by atomic mass is 16.5. The second-order valence-electron chi connectivity index (χ2n) is 4.27. The summed E-state index contributed by atoms with van der Waals surface area (Å²) in [6.07, 6.45) is 0. The van der Waals surface area contributed by atoms with Crippen LogP contribution in [0.15, 0.2) is 45.6 Å². The fourth-order valence-corrected chi connectivity index (χ4v) is 2.24. The van der Waals surface area contributed by atoms with Gasteiger partial charge in [0.15, 0.2) is 0 Å². The van der Waals surface area contributed by atoms with Gasteiger partial charge in [0.25, 0.3) is 0 Å². The van der Waals surface area contributed by atoms with E-state index in [1.54, 1.807) is 13.2 Å². The van der Waals surface area contributed by atoms with Crippen molar-refractivity contribution in [2.24, 2.45) is 0 Å². The second kappa shape index (κ2) is 3.88. The third-order valence-electron chi connectivity index (χ3n) is 3.13. The van der Waals surface area contributed by atoms with E-state index in [1.165, 1.54) is 6.07 Å². The molecule has 0 N–H and O–H groups in total. The molecule has 0 fully saturated rings. The van der Waals surface area contributed by atoms with Crippen molar-refractivity contribution in [2.75, 3.05) is 7.11 Å². The zero-order chi connectivity index (χ0) is 12.7. The molecule has 2 aromatic carbocycles. The summed E-state index contributed by atoms with van der Waals surface area (Å²) in [4.78, 5) is 11.2. The Bertz CT molecular complexity index is 800. The van der Waals surface area contributed by atoms with Crippen LogP contribution in [0.1, 0.15) is 5.56 Å². The maximum Gasteiger partial charge on any atom is 0.336 e. The van der Waals surface area contributed by atoms with E-state index in [2.05, 4.69) is 6.07 Å². The van der Waals surface area contributed by atoms with Gasteiger partial charge in [-0.15, -0.1) is 0 Å². The van der Waals surface area contributed by atoms with Gasteiger partial charge in [0.2, 0.25) is 0 Å². The number of benzene rings is 2. The number of aryl methyl sites for hydroxylation is 1. The minimum absolute atomic E-state index is 0.332. The SMILES string of the molecule is COc1cc2c(ccc3oc(=O)ccc32)cc1C. The van der Waals surface area contributed by atoms with Gasteiger partial charge >= 0.3 is 5.63 Å². The maximum absolute atomic E-state index is 11.2. The van der Waals surface area contributed by atoms with E-state index in [4.69, 9.17) is 9.15 Å². The lowest BCUT2D eigenvalue weighted by molar-refractivity contribution is 0.412. The Morgan fingerprint density at radius 2 is 1.89 bits per heavy atom. The molecule has 0 amide bonds. The molecular weight excluding hydrogens is 228 g/mol. The second-order valence-corrected chi connectivity index (χ2v) is 4.27. The Hall–Kier alpha value is -2.29. The lowest BCUT2D eigenvalue weighted by atomic mass is 10.0. The number of hydrogen-bond donors (Lipinski definition) is 0. The lowest BCUT2D eigenvalue weighted by Crippen LogP contribution is -1.95. The summed E-state index contributed by atoms with van der Waals surface area (Å²) < 4.78 is 10.5. The van der Waals surface area contributed by atoms with Gasteiger partial charge in [0.1, 0.15) is 11.3 Å². The summed E-state index contributed by atoms with van der Waals surface area (Å²) >= 11 is 0. The quantitative estimate of drug-likeness (QED) is 0.484. The Balaban J connectivity index is 2.49. The molecule has 0 unspecified atom stereocenters. The van der Waals surface area contributed by atoms with Crippen molar-refractivity contribution in [1.82, 2.24) is 0 Å². The summed E-state index contributed by atoms with van der Waals surface area (Å²) in [6, 6.07) is 11.1. The molecule has 0 atom stereocenters. The monoisotopic (exact) mass is 240 g/mol. The van der Waals surface area contributed by atoms with Crippen molar-refractivity contribution in [3.63, 3.8) is 0 Å². The molecular formula is C15H12O3. The Labute approximate surface area is 104 Å². The fraction of sp³-hybridized carbons (Fsp3) is 0.133. The molecule has 90 valence electrons. The largest absolute Gasteiger partial charge is 0.496 e. The van der Waals surface area contributed by atoms with Gasteiger partial charge in [-0.3, -0.25) is 0 Å². The standard InChI is InChI=1S/C15H12O3/c1-9-7-10-3-5-13-11(4-6-15(16)18-13)12(10)8-14(9)17-2/h3-8H,1-2H3. The van der Waals surface area contributed by atoms with Gasteiger partial charge in [0.05, 0.1) is 7.11 Å². The molecule has 18 heavy (non-hydrogen) atoms. The molecule has 0 bridgehead atoms. The third kappa shape index (κ3) is 1.56. The predicted molar refractivity (Wildman–Crippen MR) is 71.3 cm³/mol. The van der Waals surface area contributed by atoms with Crippen LogP contribution in [0.25, 0.3) is 21.7 Å². The van der Waals surface area contributed by atoms with E-state index < -0.39 is 0 Å². The Kier molecular flexibility index (Phi) is 2.33. The zero-order valence-corrected chi connectivity index (χ0v) is 10.2. The van der Waals surface area contributed by atoms with Crippen LogP contribution in [0, 0.1) is 6.92 Å². The van der Waals surface area contributed by atoms with E-state index in [1.807, 2.05) is 25.1 Å². The van der Waals surface area contributed by atoms with Crippen molar-refractivity contribution in [1.29, 1.82) is 0 Å². The van der Waals surface area contributed by atoms with E-state index in [0.717, 1.165) is 27.5 Å². The molecule has 0 radical (unpaired) electrons. The fourth-order valence-electron chi connectivity index (χ4n) is 2.24. The molecule has 3 rings (SSSR count). The van der Waals surface area contributed by atoms with Crippen molar-refractivity contribution < 1.29 is 9.15 Å². The van der Waals surface area contributed by atoms with Crippen molar-refractivity contribution in [3.8, 4) is 5.75 Å². The first kappa shape index (κ1) is 10.8. The van der Waals surface area contributed by atoms with Crippen LogP contribution in [0.5, 0.6) is 5.75 Å². The van der Waals surface area contributed by atoms with E-state index in [9.17, 15) is 4.79 Å². The number of ether oxygens (including phenoxy) is 1. The van der Waals surface area contributed by atoms with Crippen LogP contribution >= 0.6 is 0 Å². The average Bonchev–Trinajstić information content (AvgIpc) is 2.37. The topological polar surface area (TPSA) is 39.4 Å². The summed E-state index contributed by atoms with van der Waals surface area (Å²) in [5.74, 6) is 0.834. The van der Waals surface area contributed by atoms with E-state index >= 15 is 0 Å². The molecule has 1 aromatic heterocycles. The smallest absolute Gasteiger partial charge is 0.336 e. The average molecular weight is 240 g/mol. The minimum atomic E-state index is -0.332. The first-order valence-corrected chi connectivity index (χ1v) is 5.70. The van der Waals surface area contributed by atoms with Gasteiger partial charge in [-0.05, 0) is 47.5 Å². The first-order chi connectivity index (χ1) is 8.69. The van der Waals surface area contributed by atoms with Crippen LogP contribution in [-0.2, 0) is 0 Å². The summed E-state index contributed by atoms with van der Waals surface area (Å²) in [7, 11) is 1.65. The first-order valence-electron chi connectivity index (χ1n) is 5.70. The lowest BCUT2D eigenvalue weighted by Gasteiger charge is -2.08. The van der Waals surface area contributed by atoms with Gasteiger partial charge in [-0.2, -0.15) is 0 Å². The molecule has 3 aromatic rings. The molecule has 1 heterocycles. The number of rotatable bonds is 1. The van der Waals surface area contributed by atoms with Crippen molar-refractivity contribution in [3.05, 3.63) is 52.4 Å². The minimum Gasteiger partial charge on any atom is -0.496 e. The zero-order valence-electron chi connectivity index (χ0n) is 10.2. The van der Waals surface area contributed by atoms with Gasteiger partial charge in [-0.25, -0.2) is 4.79 Å². The molecule has 0 aliphatic rings. The molecule has 0 saturated heterocycles. The molecule has 0 spiro atoms. The number of fused-ring (bicyclic) bond motifs is 3.